The van der Waals surface area contributed by atoms with Crippen molar-refractivity contribution in [1.82, 2.24) is 15.1 Å². The zero-order valence-electron chi connectivity index (χ0n) is 13.3. The molecule has 0 aliphatic carbocycles. The molecule has 1 aromatic heterocycles. The van der Waals surface area contributed by atoms with Crippen molar-refractivity contribution < 1.29 is 14.3 Å². The molecule has 22 heavy (non-hydrogen) atoms. The van der Waals surface area contributed by atoms with Crippen molar-refractivity contribution in [2.45, 2.75) is 51.6 Å². The quantitative estimate of drug-likeness (QED) is 0.913. The summed E-state index contributed by atoms with van der Waals surface area (Å²) in [6, 6.07) is 0. The summed E-state index contributed by atoms with van der Waals surface area (Å²) in [5.41, 5.74) is 2.47. The second-order valence-electron chi connectivity index (χ2n) is 6.35. The highest BCUT2D eigenvalue weighted by Crippen LogP contribution is 2.33. The number of amides is 1. The summed E-state index contributed by atoms with van der Waals surface area (Å²) >= 11 is 0. The van der Waals surface area contributed by atoms with Crippen LogP contribution in [-0.4, -0.2) is 52.1 Å². The molecule has 6 heteroatoms. The van der Waals surface area contributed by atoms with E-state index in [9.17, 15) is 9.59 Å². The number of ketones is 1. The van der Waals surface area contributed by atoms with E-state index in [0.717, 1.165) is 29.8 Å². The number of carbonyl (C=O) groups excluding carboxylic acids is 2. The van der Waals surface area contributed by atoms with Crippen LogP contribution in [0.2, 0.25) is 0 Å². The Hall–Kier alpha value is -1.69. The molecule has 0 unspecified atom stereocenters. The number of Topliss-reactive ketones (excluding diaryl/α,β-unsaturated/α-hetero) is 1. The highest BCUT2D eigenvalue weighted by Gasteiger charge is 2.46. The van der Waals surface area contributed by atoms with Gasteiger partial charge in [0.05, 0.1) is 12.2 Å². The Balaban J connectivity index is 1.57. The van der Waals surface area contributed by atoms with Crippen LogP contribution in [0.3, 0.4) is 0 Å². The molecule has 1 aromatic rings. The van der Waals surface area contributed by atoms with Crippen molar-refractivity contribution >= 4 is 11.7 Å². The predicted octanol–water partition coefficient (Wildman–Crippen LogP) is 1.31. The van der Waals surface area contributed by atoms with E-state index in [-0.39, 0.29) is 18.2 Å². The zero-order valence-corrected chi connectivity index (χ0v) is 13.3. The molecule has 0 bridgehead atoms. The SMILES string of the molecule is Cc1n[nH]c(C)c1CCC(=O)N1CC[C@@]2(CCCO2)C(=O)C1. The van der Waals surface area contributed by atoms with Crippen molar-refractivity contribution in [2.75, 3.05) is 19.7 Å². The molecule has 1 N–H and O–H groups in total. The fourth-order valence-electron chi connectivity index (χ4n) is 3.51. The molecule has 2 aliphatic rings. The number of aryl methyl sites for hydroxylation is 2. The van der Waals surface area contributed by atoms with Crippen LogP contribution in [0.5, 0.6) is 0 Å². The van der Waals surface area contributed by atoms with Crippen molar-refractivity contribution in [3.05, 3.63) is 17.0 Å². The van der Waals surface area contributed by atoms with E-state index in [2.05, 4.69) is 10.2 Å². The van der Waals surface area contributed by atoms with Gasteiger partial charge in [0, 0.05) is 31.7 Å². The summed E-state index contributed by atoms with van der Waals surface area (Å²) in [6.45, 7) is 5.38. The molecule has 3 heterocycles. The highest BCUT2D eigenvalue weighted by molar-refractivity contribution is 5.93. The average Bonchev–Trinajstić information content (AvgIpc) is 3.09. The van der Waals surface area contributed by atoms with E-state index in [0.29, 0.717) is 32.4 Å². The summed E-state index contributed by atoms with van der Waals surface area (Å²) in [6.07, 6.45) is 3.48. The Kier molecular flexibility index (Phi) is 4.04. The Morgan fingerprint density at radius 2 is 2.23 bits per heavy atom. The number of nitrogens with one attached hydrogen (secondary N) is 1. The maximum absolute atomic E-state index is 12.4. The second-order valence-corrected chi connectivity index (χ2v) is 6.35. The molecular weight excluding hydrogens is 282 g/mol. The first-order valence-corrected chi connectivity index (χ1v) is 7.97. The molecule has 0 aromatic carbocycles. The molecule has 0 radical (unpaired) electrons. The lowest BCUT2D eigenvalue weighted by Gasteiger charge is -2.37. The van der Waals surface area contributed by atoms with Gasteiger partial charge in [0.1, 0.15) is 5.60 Å². The first-order chi connectivity index (χ1) is 10.5. The zero-order chi connectivity index (χ0) is 15.7. The number of aromatic nitrogens is 2. The summed E-state index contributed by atoms with van der Waals surface area (Å²) in [5, 5.41) is 7.08. The van der Waals surface area contributed by atoms with Crippen LogP contribution >= 0.6 is 0 Å². The summed E-state index contributed by atoms with van der Waals surface area (Å²) in [5.74, 6) is 0.112. The molecule has 6 nitrogen and oxygen atoms in total. The molecule has 1 atom stereocenters. The largest absolute Gasteiger partial charge is 0.367 e. The standard InChI is InChI=1S/C16H23N3O3/c1-11-13(12(2)18-17-11)4-5-15(21)19-8-7-16(14(20)10-19)6-3-9-22-16/h3-10H2,1-2H3,(H,17,18)/t16-/m0/s1. The van der Waals surface area contributed by atoms with Crippen LogP contribution in [0.25, 0.3) is 0 Å². The first kappa shape index (κ1) is 15.2. The van der Waals surface area contributed by atoms with Gasteiger partial charge >= 0.3 is 0 Å². The summed E-state index contributed by atoms with van der Waals surface area (Å²) in [7, 11) is 0. The van der Waals surface area contributed by atoms with Crippen LogP contribution in [0, 0.1) is 13.8 Å². The number of aromatic amines is 1. The third kappa shape index (κ3) is 2.67. The van der Waals surface area contributed by atoms with Gasteiger partial charge in [-0.15, -0.1) is 0 Å². The number of hydrogen-bond acceptors (Lipinski definition) is 4. The number of carbonyl (C=O) groups is 2. The number of rotatable bonds is 3. The van der Waals surface area contributed by atoms with Crippen molar-refractivity contribution in [3.8, 4) is 0 Å². The average molecular weight is 305 g/mol. The van der Waals surface area contributed by atoms with Crippen LogP contribution in [0.4, 0.5) is 0 Å². The lowest BCUT2D eigenvalue weighted by atomic mass is 9.87. The van der Waals surface area contributed by atoms with E-state index in [1.807, 2.05) is 13.8 Å². The molecule has 2 saturated heterocycles. The minimum Gasteiger partial charge on any atom is -0.367 e. The van der Waals surface area contributed by atoms with Gasteiger partial charge in [-0.2, -0.15) is 5.10 Å². The first-order valence-electron chi connectivity index (χ1n) is 7.97. The minimum absolute atomic E-state index is 0.0428. The third-order valence-corrected chi connectivity index (χ3v) is 4.95. The topological polar surface area (TPSA) is 75.3 Å². The van der Waals surface area contributed by atoms with Crippen molar-refractivity contribution in [1.29, 1.82) is 0 Å². The maximum Gasteiger partial charge on any atom is 0.223 e. The molecule has 2 aliphatic heterocycles. The van der Waals surface area contributed by atoms with Gasteiger partial charge in [-0.3, -0.25) is 14.7 Å². The van der Waals surface area contributed by atoms with Gasteiger partial charge in [0.15, 0.2) is 5.78 Å². The summed E-state index contributed by atoms with van der Waals surface area (Å²) < 4.78 is 5.67. The van der Waals surface area contributed by atoms with Crippen LogP contribution < -0.4 is 0 Å². The van der Waals surface area contributed by atoms with Crippen LogP contribution in [0.15, 0.2) is 0 Å². The van der Waals surface area contributed by atoms with Gasteiger partial charge in [-0.25, -0.2) is 0 Å². The Morgan fingerprint density at radius 3 is 2.82 bits per heavy atom. The van der Waals surface area contributed by atoms with Gasteiger partial charge in [-0.1, -0.05) is 0 Å². The van der Waals surface area contributed by atoms with Crippen LogP contribution in [0.1, 0.15) is 42.6 Å². The monoisotopic (exact) mass is 305 g/mol. The van der Waals surface area contributed by atoms with E-state index in [1.54, 1.807) is 4.90 Å². The minimum atomic E-state index is -0.589. The highest BCUT2D eigenvalue weighted by atomic mass is 16.5. The predicted molar refractivity (Wildman–Crippen MR) is 80.5 cm³/mol. The Bertz CT molecular complexity index is 568. The van der Waals surface area contributed by atoms with Crippen molar-refractivity contribution in [3.63, 3.8) is 0 Å². The molecular formula is C16H23N3O3. The normalized spacial score (nSPS) is 25.2. The molecule has 0 saturated carbocycles. The lowest BCUT2D eigenvalue weighted by Crippen LogP contribution is -2.53. The number of piperidine rings is 1. The fourth-order valence-corrected chi connectivity index (χ4v) is 3.51. The lowest BCUT2D eigenvalue weighted by molar-refractivity contribution is -0.152. The second kappa shape index (κ2) is 5.83. The van der Waals surface area contributed by atoms with Gasteiger partial charge in [0.2, 0.25) is 5.91 Å². The van der Waals surface area contributed by atoms with Gasteiger partial charge in [0.25, 0.3) is 0 Å². The molecule has 1 spiro atoms. The number of ether oxygens (including phenoxy) is 1. The number of H-pyrrole nitrogens is 1. The molecule has 1 amide bonds. The molecule has 120 valence electrons. The van der Waals surface area contributed by atoms with E-state index in [1.165, 1.54) is 0 Å². The number of hydrogen-bond donors (Lipinski definition) is 1. The smallest absolute Gasteiger partial charge is 0.223 e. The fraction of sp³-hybridized carbons (Fsp3) is 0.688. The van der Waals surface area contributed by atoms with Crippen LogP contribution in [-0.2, 0) is 20.7 Å². The maximum atomic E-state index is 12.4. The molecule has 3 rings (SSSR count). The van der Waals surface area contributed by atoms with Crippen molar-refractivity contribution in [2.24, 2.45) is 0 Å². The van der Waals surface area contributed by atoms with E-state index < -0.39 is 5.60 Å². The van der Waals surface area contributed by atoms with Gasteiger partial charge in [-0.05, 0) is 38.7 Å². The number of likely N-dealkylation sites (tertiary alicyclic amines) is 1. The Labute approximate surface area is 130 Å². The van der Waals surface area contributed by atoms with Gasteiger partial charge < -0.3 is 9.64 Å². The molecule has 2 fully saturated rings. The Morgan fingerprint density at radius 1 is 1.41 bits per heavy atom. The van der Waals surface area contributed by atoms with E-state index in [4.69, 9.17) is 4.74 Å². The number of nitrogens with zero attached hydrogens (tertiary/aromatic N) is 2. The van der Waals surface area contributed by atoms with E-state index >= 15 is 0 Å². The third-order valence-electron chi connectivity index (χ3n) is 4.95. The summed E-state index contributed by atoms with van der Waals surface area (Å²) in [4.78, 5) is 26.4.